The van der Waals surface area contributed by atoms with Crippen LogP contribution in [0.15, 0.2) is 0 Å². The zero-order valence-electron chi connectivity index (χ0n) is 7.23. The molecule has 1 aliphatic heterocycles. The molecule has 84 valence electrons. The van der Waals surface area contributed by atoms with Crippen LogP contribution in [0.1, 0.15) is 12.8 Å². The molecule has 1 saturated heterocycles. The number of hydrogen-bond donors (Lipinski definition) is 2. The molecule has 1 aliphatic rings. The van der Waals surface area contributed by atoms with E-state index in [1.54, 1.807) is 0 Å². The van der Waals surface area contributed by atoms with Gasteiger partial charge in [-0.2, -0.15) is 13.2 Å². The molecular weight excluding hydrogens is 223 g/mol. The molecule has 2 N–H and O–H groups in total. The van der Waals surface area contributed by atoms with Gasteiger partial charge in [0.1, 0.15) is 0 Å². The van der Waals surface area contributed by atoms with Gasteiger partial charge in [-0.25, -0.2) is 0 Å². The van der Waals surface area contributed by atoms with Crippen LogP contribution in [-0.2, 0) is 4.79 Å². The Hall–Kier alpha value is -0.490. The summed E-state index contributed by atoms with van der Waals surface area (Å²) in [6.07, 6.45) is -4.77. The summed E-state index contributed by atoms with van der Waals surface area (Å²) in [6.45, 7) is -0.0725. The average Bonchev–Trinajstić information content (AvgIpc) is 2.03. The van der Waals surface area contributed by atoms with Crippen molar-refractivity contribution < 1.29 is 23.1 Å². The van der Waals surface area contributed by atoms with Gasteiger partial charge < -0.3 is 10.4 Å². The van der Waals surface area contributed by atoms with Crippen molar-refractivity contribution in [3.8, 4) is 0 Å². The fourth-order valence-electron chi connectivity index (χ4n) is 1.45. The van der Waals surface area contributed by atoms with Gasteiger partial charge in [-0.05, 0) is 19.4 Å². The second kappa shape index (κ2) is 4.35. The van der Waals surface area contributed by atoms with Crippen LogP contribution in [0.3, 0.4) is 0 Å². The lowest BCUT2D eigenvalue weighted by molar-refractivity contribution is -0.235. The molecule has 1 unspecified atom stereocenters. The van der Waals surface area contributed by atoms with Crippen molar-refractivity contribution in [1.29, 1.82) is 0 Å². The van der Waals surface area contributed by atoms with Gasteiger partial charge in [0.25, 0.3) is 0 Å². The number of carbonyl (C=O) groups is 1. The summed E-state index contributed by atoms with van der Waals surface area (Å²) in [6, 6.07) is 0. The van der Waals surface area contributed by atoms with E-state index in [9.17, 15) is 18.0 Å². The molecule has 1 atom stereocenters. The highest BCUT2D eigenvalue weighted by molar-refractivity contribution is 5.85. The molecule has 1 rings (SSSR count). The molecule has 1 heterocycles. The van der Waals surface area contributed by atoms with Crippen molar-refractivity contribution in [2.24, 2.45) is 5.41 Å². The van der Waals surface area contributed by atoms with Crippen LogP contribution in [0, 0.1) is 5.41 Å². The van der Waals surface area contributed by atoms with Crippen molar-refractivity contribution in [2.75, 3.05) is 13.1 Å². The predicted molar refractivity (Wildman–Crippen MR) is 45.5 cm³/mol. The molecule has 0 aromatic rings. The van der Waals surface area contributed by atoms with Crippen molar-refractivity contribution in [3.05, 3.63) is 0 Å². The number of carboxylic acids is 1. The SMILES string of the molecule is Cl.O=C(O)C1(C(F)(F)F)CCCNC1. The predicted octanol–water partition coefficient (Wildman–Crippen LogP) is 1.42. The minimum absolute atomic E-state index is 0. The second-order valence-electron chi connectivity index (χ2n) is 3.17. The van der Waals surface area contributed by atoms with Gasteiger partial charge in [0.2, 0.25) is 0 Å². The molecule has 1 fully saturated rings. The first-order valence-electron chi connectivity index (χ1n) is 3.91. The van der Waals surface area contributed by atoms with Crippen molar-refractivity contribution in [3.63, 3.8) is 0 Å². The van der Waals surface area contributed by atoms with Gasteiger partial charge in [-0.3, -0.25) is 4.79 Å². The Labute approximate surface area is 85.1 Å². The molecule has 0 aromatic carbocycles. The van der Waals surface area contributed by atoms with Crippen molar-refractivity contribution in [2.45, 2.75) is 19.0 Å². The summed E-state index contributed by atoms with van der Waals surface area (Å²) in [5, 5.41) is 11.0. The van der Waals surface area contributed by atoms with Gasteiger partial charge >= 0.3 is 12.1 Å². The maximum atomic E-state index is 12.4. The lowest BCUT2D eigenvalue weighted by atomic mass is 9.80. The maximum absolute atomic E-state index is 12.4. The molecule has 0 spiro atoms. The number of alkyl halides is 3. The zero-order valence-corrected chi connectivity index (χ0v) is 8.04. The summed E-state index contributed by atoms with van der Waals surface area (Å²) < 4.78 is 37.3. The lowest BCUT2D eigenvalue weighted by Crippen LogP contribution is -2.54. The molecule has 14 heavy (non-hydrogen) atoms. The number of hydrogen-bond acceptors (Lipinski definition) is 2. The Kier molecular flexibility index (Phi) is 4.20. The highest BCUT2D eigenvalue weighted by Crippen LogP contribution is 2.43. The molecule has 7 heteroatoms. The van der Waals surface area contributed by atoms with Gasteiger partial charge in [0.05, 0.1) is 0 Å². The van der Waals surface area contributed by atoms with Crippen molar-refractivity contribution >= 4 is 18.4 Å². The molecule has 0 radical (unpaired) electrons. The molecule has 0 amide bonds. The Balaban J connectivity index is 0.00000169. The van der Waals surface area contributed by atoms with E-state index in [0.717, 1.165) is 0 Å². The fourth-order valence-corrected chi connectivity index (χ4v) is 1.45. The third-order valence-corrected chi connectivity index (χ3v) is 2.34. The van der Waals surface area contributed by atoms with E-state index in [4.69, 9.17) is 5.11 Å². The van der Waals surface area contributed by atoms with Crippen LogP contribution in [0.25, 0.3) is 0 Å². The minimum atomic E-state index is -4.67. The van der Waals surface area contributed by atoms with E-state index in [2.05, 4.69) is 5.32 Å². The van der Waals surface area contributed by atoms with Gasteiger partial charge in [-0.1, -0.05) is 0 Å². The van der Waals surface area contributed by atoms with Crippen LogP contribution in [0.4, 0.5) is 13.2 Å². The topological polar surface area (TPSA) is 49.3 Å². The zero-order chi connectivity index (χ0) is 10.1. The monoisotopic (exact) mass is 233 g/mol. The molecule has 0 aliphatic carbocycles. The van der Waals surface area contributed by atoms with Crippen LogP contribution in [-0.4, -0.2) is 30.3 Å². The third-order valence-electron chi connectivity index (χ3n) is 2.34. The normalized spacial score (nSPS) is 27.9. The Morgan fingerprint density at radius 1 is 1.43 bits per heavy atom. The highest BCUT2D eigenvalue weighted by Gasteiger charge is 2.60. The highest BCUT2D eigenvalue weighted by atomic mass is 35.5. The maximum Gasteiger partial charge on any atom is 0.406 e. The minimum Gasteiger partial charge on any atom is -0.481 e. The van der Waals surface area contributed by atoms with Crippen LogP contribution in [0.5, 0.6) is 0 Å². The fraction of sp³-hybridized carbons (Fsp3) is 0.857. The number of carboxylic acid groups (broad SMARTS) is 1. The summed E-state index contributed by atoms with van der Waals surface area (Å²) in [5.41, 5.74) is -2.58. The Morgan fingerprint density at radius 3 is 2.21 bits per heavy atom. The Morgan fingerprint density at radius 2 is 2.00 bits per heavy atom. The first-order chi connectivity index (χ1) is 5.90. The van der Waals surface area contributed by atoms with E-state index >= 15 is 0 Å². The van der Waals surface area contributed by atoms with E-state index in [-0.39, 0.29) is 25.2 Å². The first-order valence-corrected chi connectivity index (χ1v) is 3.91. The number of nitrogens with one attached hydrogen (secondary N) is 1. The summed E-state index contributed by atoms with van der Waals surface area (Å²) in [5.74, 6) is -1.79. The van der Waals surface area contributed by atoms with E-state index in [0.29, 0.717) is 6.54 Å². The van der Waals surface area contributed by atoms with Crippen LogP contribution >= 0.6 is 12.4 Å². The van der Waals surface area contributed by atoms with Gasteiger partial charge in [0.15, 0.2) is 5.41 Å². The molecule has 0 bridgehead atoms. The molecule has 0 saturated carbocycles. The number of halogens is 4. The standard InChI is InChI=1S/C7H10F3NO2.ClH/c8-7(9,10)6(5(12)13)2-1-3-11-4-6;/h11H,1-4H2,(H,12,13);1H. The largest absolute Gasteiger partial charge is 0.481 e. The molecule has 0 aromatic heterocycles. The summed E-state index contributed by atoms with van der Waals surface area (Å²) in [4.78, 5) is 10.6. The number of aliphatic carboxylic acids is 1. The van der Waals surface area contributed by atoms with E-state index < -0.39 is 24.1 Å². The smallest absolute Gasteiger partial charge is 0.406 e. The van der Waals surface area contributed by atoms with Crippen LogP contribution < -0.4 is 5.32 Å². The average molecular weight is 234 g/mol. The van der Waals surface area contributed by atoms with Crippen molar-refractivity contribution in [1.82, 2.24) is 5.32 Å². The quantitative estimate of drug-likeness (QED) is 0.720. The molecule has 3 nitrogen and oxygen atoms in total. The summed E-state index contributed by atoms with van der Waals surface area (Å²) >= 11 is 0. The third kappa shape index (κ3) is 2.12. The van der Waals surface area contributed by atoms with Gasteiger partial charge in [-0.15, -0.1) is 12.4 Å². The van der Waals surface area contributed by atoms with E-state index in [1.165, 1.54) is 0 Å². The number of piperidine rings is 1. The lowest BCUT2D eigenvalue weighted by Gasteiger charge is -2.35. The number of rotatable bonds is 1. The summed E-state index contributed by atoms with van der Waals surface area (Å²) in [7, 11) is 0. The van der Waals surface area contributed by atoms with Gasteiger partial charge in [0, 0.05) is 6.54 Å². The van der Waals surface area contributed by atoms with E-state index in [1.807, 2.05) is 0 Å². The first kappa shape index (κ1) is 13.5. The second-order valence-corrected chi connectivity index (χ2v) is 3.17. The molecular formula is C7H11ClF3NO2. The Bertz CT molecular complexity index is 213. The van der Waals surface area contributed by atoms with Crippen LogP contribution in [0.2, 0.25) is 0 Å².